The molecule has 39 heavy (non-hydrogen) atoms. The molecule has 9 heteroatoms. The van der Waals surface area contributed by atoms with Gasteiger partial charge in [-0.15, -0.1) is 0 Å². The molecule has 2 N–H and O–H groups in total. The third-order valence-electron chi connectivity index (χ3n) is 5.60. The summed E-state index contributed by atoms with van der Waals surface area (Å²) in [6, 6.07) is 25.3. The topological polar surface area (TPSA) is 106 Å². The molecule has 0 radical (unpaired) electrons. The SMILES string of the molecule is COc1ccc(C(=O)Oc2ccc(Br)cc2/C=N\NC(=O)c2ccccc2NC(=O)c2ccc(C)cc2)cc1. The molecule has 4 rings (SSSR count). The van der Waals surface area contributed by atoms with E-state index in [0.717, 1.165) is 10.0 Å². The van der Waals surface area contributed by atoms with Crippen LogP contribution >= 0.6 is 15.9 Å². The van der Waals surface area contributed by atoms with Crippen LogP contribution in [0.2, 0.25) is 0 Å². The number of benzene rings is 4. The third kappa shape index (κ3) is 7.18. The van der Waals surface area contributed by atoms with Crippen LogP contribution in [0.4, 0.5) is 5.69 Å². The molecular weight excluding hydrogens is 562 g/mol. The van der Waals surface area contributed by atoms with Crippen molar-refractivity contribution in [3.05, 3.63) is 123 Å². The molecule has 0 aliphatic rings. The van der Waals surface area contributed by atoms with E-state index in [1.165, 1.54) is 6.21 Å². The van der Waals surface area contributed by atoms with Gasteiger partial charge in [-0.2, -0.15) is 5.10 Å². The van der Waals surface area contributed by atoms with Gasteiger partial charge in [-0.3, -0.25) is 9.59 Å². The lowest BCUT2D eigenvalue weighted by Crippen LogP contribution is -2.21. The molecule has 0 aliphatic heterocycles. The second-order valence-electron chi connectivity index (χ2n) is 8.37. The summed E-state index contributed by atoms with van der Waals surface area (Å²) in [7, 11) is 1.54. The van der Waals surface area contributed by atoms with Crippen LogP contribution < -0.4 is 20.2 Å². The zero-order valence-electron chi connectivity index (χ0n) is 21.1. The van der Waals surface area contributed by atoms with Gasteiger partial charge < -0.3 is 14.8 Å². The summed E-state index contributed by atoms with van der Waals surface area (Å²) in [5.41, 5.74) is 5.34. The number of nitrogens with one attached hydrogen (secondary N) is 2. The van der Waals surface area contributed by atoms with Crippen molar-refractivity contribution in [3.8, 4) is 11.5 Å². The van der Waals surface area contributed by atoms with Crippen molar-refractivity contribution < 1.29 is 23.9 Å². The van der Waals surface area contributed by atoms with E-state index in [1.807, 2.05) is 19.1 Å². The van der Waals surface area contributed by atoms with Gasteiger partial charge in [-0.1, -0.05) is 45.8 Å². The highest BCUT2D eigenvalue weighted by Crippen LogP contribution is 2.23. The number of halogens is 1. The Bertz CT molecular complexity index is 1530. The van der Waals surface area contributed by atoms with Crippen molar-refractivity contribution in [2.45, 2.75) is 6.92 Å². The van der Waals surface area contributed by atoms with Crippen LogP contribution in [-0.4, -0.2) is 31.1 Å². The molecule has 0 aliphatic carbocycles. The first-order valence-corrected chi connectivity index (χ1v) is 12.6. The van der Waals surface area contributed by atoms with E-state index in [1.54, 1.807) is 86.0 Å². The first-order chi connectivity index (χ1) is 18.8. The monoisotopic (exact) mass is 585 g/mol. The first-order valence-electron chi connectivity index (χ1n) is 11.8. The fraction of sp³-hybridized carbons (Fsp3) is 0.0667. The lowest BCUT2D eigenvalue weighted by atomic mass is 10.1. The molecule has 0 unspecified atom stereocenters. The van der Waals surface area contributed by atoms with E-state index in [-0.39, 0.29) is 17.2 Å². The summed E-state index contributed by atoms with van der Waals surface area (Å²) >= 11 is 3.39. The van der Waals surface area contributed by atoms with Crippen molar-refractivity contribution in [1.29, 1.82) is 0 Å². The van der Waals surface area contributed by atoms with Crippen LogP contribution in [0.1, 0.15) is 42.2 Å². The van der Waals surface area contributed by atoms with Gasteiger partial charge in [-0.25, -0.2) is 10.2 Å². The Morgan fingerprint density at radius 3 is 2.26 bits per heavy atom. The average molecular weight is 586 g/mol. The van der Waals surface area contributed by atoms with Crippen LogP contribution in [0.3, 0.4) is 0 Å². The number of methoxy groups -OCH3 is 1. The Balaban J connectivity index is 1.46. The van der Waals surface area contributed by atoms with Gasteiger partial charge in [0.1, 0.15) is 11.5 Å². The minimum Gasteiger partial charge on any atom is -0.497 e. The fourth-order valence-corrected chi connectivity index (χ4v) is 3.89. The number of anilines is 1. The molecule has 8 nitrogen and oxygen atoms in total. The van der Waals surface area contributed by atoms with E-state index in [9.17, 15) is 14.4 Å². The molecule has 0 bridgehead atoms. The van der Waals surface area contributed by atoms with Crippen molar-refractivity contribution in [1.82, 2.24) is 5.43 Å². The van der Waals surface area contributed by atoms with E-state index >= 15 is 0 Å². The predicted molar refractivity (Wildman–Crippen MR) is 153 cm³/mol. The van der Waals surface area contributed by atoms with E-state index in [0.29, 0.717) is 28.1 Å². The number of esters is 1. The number of hydrogen-bond donors (Lipinski definition) is 2. The Labute approximate surface area is 233 Å². The molecule has 0 saturated carbocycles. The summed E-state index contributed by atoms with van der Waals surface area (Å²) in [5.74, 6) is -0.552. The van der Waals surface area contributed by atoms with Gasteiger partial charge in [0.2, 0.25) is 0 Å². The quantitative estimate of drug-likeness (QED) is 0.114. The summed E-state index contributed by atoms with van der Waals surface area (Å²) in [4.78, 5) is 38.2. The molecule has 4 aromatic carbocycles. The number of carbonyl (C=O) groups excluding carboxylic acids is 3. The van der Waals surface area contributed by atoms with Crippen LogP contribution in [-0.2, 0) is 0 Å². The smallest absolute Gasteiger partial charge is 0.343 e. The lowest BCUT2D eigenvalue weighted by molar-refractivity contribution is 0.0733. The van der Waals surface area contributed by atoms with Gasteiger partial charge in [-0.05, 0) is 73.7 Å². The van der Waals surface area contributed by atoms with Gasteiger partial charge in [0.25, 0.3) is 11.8 Å². The van der Waals surface area contributed by atoms with Crippen LogP contribution in [0.25, 0.3) is 0 Å². The number of hydrazone groups is 1. The summed E-state index contributed by atoms with van der Waals surface area (Å²) in [6.45, 7) is 1.93. The van der Waals surface area contributed by atoms with Crippen molar-refractivity contribution in [3.63, 3.8) is 0 Å². The van der Waals surface area contributed by atoms with E-state index in [2.05, 4.69) is 31.8 Å². The second kappa shape index (κ2) is 12.7. The molecular formula is C30H24BrN3O5. The second-order valence-corrected chi connectivity index (χ2v) is 9.28. The van der Waals surface area contributed by atoms with Gasteiger partial charge in [0, 0.05) is 15.6 Å². The van der Waals surface area contributed by atoms with E-state index < -0.39 is 11.9 Å². The fourth-order valence-electron chi connectivity index (χ4n) is 3.51. The highest BCUT2D eigenvalue weighted by atomic mass is 79.9. The number of rotatable bonds is 8. The normalized spacial score (nSPS) is 10.6. The molecule has 2 amide bonds. The van der Waals surface area contributed by atoms with Crippen molar-refractivity contribution >= 4 is 45.6 Å². The van der Waals surface area contributed by atoms with Crippen LogP contribution in [0.15, 0.2) is 101 Å². The summed E-state index contributed by atoms with van der Waals surface area (Å²) in [6.07, 6.45) is 1.37. The van der Waals surface area contributed by atoms with Crippen molar-refractivity contribution in [2.24, 2.45) is 5.10 Å². The van der Waals surface area contributed by atoms with Crippen LogP contribution in [0, 0.1) is 6.92 Å². The molecule has 0 saturated heterocycles. The number of para-hydroxylation sites is 1. The molecule has 0 fully saturated rings. The Hall–Kier alpha value is -4.76. The Morgan fingerprint density at radius 2 is 1.54 bits per heavy atom. The molecule has 0 heterocycles. The van der Waals surface area contributed by atoms with Gasteiger partial charge in [0.15, 0.2) is 0 Å². The number of ether oxygens (including phenoxy) is 2. The Morgan fingerprint density at radius 1 is 0.846 bits per heavy atom. The van der Waals surface area contributed by atoms with Gasteiger partial charge >= 0.3 is 5.97 Å². The van der Waals surface area contributed by atoms with E-state index in [4.69, 9.17) is 9.47 Å². The van der Waals surface area contributed by atoms with Crippen LogP contribution in [0.5, 0.6) is 11.5 Å². The lowest BCUT2D eigenvalue weighted by Gasteiger charge is -2.10. The zero-order chi connectivity index (χ0) is 27.8. The number of hydrogen-bond acceptors (Lipinski definition) is 6. The summed E-state index contributed by atoms with van der Waals surface area (Å²) in [5, 5.41) is 6.82. The molecule has 0 aromatic heterocycles. The maximum atomic E-state index is 12.9. The average Bonchev–Trinajstić information content (AvgIpc) is 2.95. The minimum atomic E-state index is -0.558. The summed E-state index contributed by atoms with van der Waals surface area (Å²) < 4.78 is 11.4. The third-order valence-corrected chi connectivity index (χ3v) is 6.10. The standard InChI is InChI=1S/C30H24BrN3O5/c1-19-7-9-20(10-8-19)28(35)33-26-6-4-3-5-25(26)29(36)34-32-18-22-17-23(31)13-16-27(22)39-30(37)21-11-14-24(38-2)15-12-21/h3-18H,1-2H3,(H,33,35)(H,34,36)/b32-18-. The number of amides is 2. The highest BCUT2D eigenvalue weighted by Gasteiger charge is 2.15. The maximum Gasteiger partial charge on any atom is 0.343 e. The number of carbonyl (C=O) groups is 3. The van der Waals surface area contributed by atoms with Crippen molar-refractivity contribution in [2.75, 3.05) is 12.4 Å². The molecule has 0 atom stereocenters. The largest absolute Gasteiger partial charge is 0.497 e. The molecule has 4 aromatic rings. The number of nitrogens with zero attached hydrogens (tertiary/aromatic N) is 1. The Kier molecular flexibility index (Phi) is 8.86. The highest BCUT2D eigenvalue weighted by molar-refractivity contribution is 9.10. The zero-order valence-corrected chi connectivity index (χ0v) is 22.7. The first kappa shape index (κ1) is 27.3. The molecule has 196 valence electrons. The predicted octanol–water partition coefficient (Wildman–Crippen LogP) is 6.00. The van der Waals surface area contributed by atoms with Gasteiger partial charge in [0.05, 0.1) is 30.1 Å². The minimum absolute atomic E-state index is 0.232. The number of aryl methyl sites for hydroxylation is 1. The maximum absolute atomic E-state index is 12.9. The molecule has 0 spiro atoms.